The van der Waals surface area contributed by atoms with Gasteiger partial charge in [0.2, 0.25) is 10.0 Å². The van der Waals surface area contributed by atoms with Gasteiger partial charge in [0.25, 0.3) is 5.91 Å². The Morgan fingerprint density at radius 1 is 1.06 bits per heavy atom. The molecule has 0 atom stereocenters. The van der Waals surface area contributed by atoms with Gasteiger partial charge < -0.3 is 4.57 Å². The van der Waals surface area contributed by atoms with Crippen LogP contribution in [0.25, 0.3) is 5.69 Å². The number of sulfonamides is 1. The summed E-state index contributed by atoms with van der Waals surface area (Å²) in [6.45, 7) is 7.48. The Kier molecular flexibility index (Phi) is 6.84. The van der Waals surface area contributed by atoms with Crippen molar-refractivity contribution in [2.45, 2.75) is 27.7 Å². The Labute approximate surface area is 189 Å². The van der Waals surface area contributed by atoms with Crippen LogP contribution in [0.2, 0.25) is 0 Å². The molecule has 1 N–H and O–H groups in total. The van der Waals surface area contributed by atoms with Crippen LogP contribution in [0.5, 0.6) is 0 Å². The van der Waals surface area contributed by atoms with E-state index in [0.717, 1.165) is 38.8 Å². The molecule has 0 spiro atoms. The summed E-state index contributed by atoms with van der Waals surface area (Å²) in [5, 5.41) is 4.06. The molecule has 0 aliphatic heterocycles. The first kappa shape index (κ1) is 23.3. The number of rotatable bonds is 7. The maximum atomic E-state index is 12.4. The van der Waals surface area contributed by atoms with Crippen molar-refractivity contribution in [2.24, 2.45) is 5.10 Å². The number of aromatic nitrogens is 1. The first-order chi connectivity index (χ1) is 15.1. The predicted octanol–water partition coefficient (Wildman–Crippen LogP) is 3.63. The number of carbonyl (C=O) groups is 1. The molecule has 0 saturated heterocycles. The third-order valence-electron chi connectivity index (χ3n) is 5.23. The van der Waals surface area contributed by atoms with Crippen molar-refractivity contribution in [3.63, 3.8) is 0 Å². The number of para-hydroxylation sites is 1. The van der Waals surface area contributed by atoms with Crippen molar-refractivity contribution in [3.05, 3.63) is 82.7 Å². The second-order valence-corrected chi connectivity index (χ2v) is 9.75. The predicted molar refractivity (Wildman–Crippen MR) is 129 cm³/mol. The van der Waals surface area contributed by atoms with Crippen LogP contribution < -0.4 is 9.73 Å². The maximum absolute atomic E-state index is 12.4. The standard InChI is InChI=1S/C24H28N4O3S/c1-17-10-12-22(13-11-17)28-19(3)14-21(20(28)4)15-25-26-24(29)16-27(32(5,30)31)23-9-7-6-8-18(23)2/h6-15H,16H2,1-5H3,(H,26,29)/b25-15-. The largest absolute Gasteiger partial charge is 0.318 e. The van der Waals surface area contributed by atoms with Gasteiger partial charge in [-0.05, 0) is 57.5 Å². The molecule has 0 saturated carbocycles. The van der Waals surface area contributed by atoms with Gasteiger partial charge in [0, 0.05) is 22.6 Å². The van der Waals surface area contributed by atoms with Crippen LogP contribution in [0.1, 0.15) is 28.1 Å². The number of nitrogens with zero attached hydrogens (tertiary/aromatic N) is 3. The van der Waals surface area contributed by atoms with Crippen LogP contribution in [-0.2, 0) is 14.8 Å². The number of nitrogens with one attached hydrogen (secondary N) is 1. The molecule has 0 aliphatic rings. The molecule has 0 unspecified atom stereocenters. The molecular weight excluding hydrogens is 424 g/mol. The Morgan fingerprint density at radius 2 is 1.72 bits per heavy atom. The number of benzene rings is 2. The summed E-state index contributed by atoms with van der Waals surface area (Å²) in [6.07, 6.45) is 2.65. The molecule has 0 bridgehead atoms. The molecule has 1 amide bonds. The van der Waals surface area contributed by atoms with Gasteiger partial charge in [-0.15, -0.1) is 0 Å². The van der Waals surface area contributed by atoms with Gasteiger partial charge in [0.15, 0.2) is 0 Å². The van der Waals surface area contributed by atoms with Gasteiger partial charge in [-0.25, -0.2) is 13.8 Å². The SMILES string of the molecule is Cc1ccc(-n2c(C)cc(/C=N\NC(=O)CN(c3ccccc3C)S(C)(=O)=O)c2C)cc1. The van der Waals surface area contributed by atoms with Crippen LogP contribution in [0, 0.1) is 27.7 Å². The molecule has 2 aromatic carbocycles. The average Bonchev–Trinajstić information content (AvgIpc) is 3.00. The van der Waals surface area contributed by atoms with Crippen LogP contribution in [0.3, 0.4) is 0 Å². The molecule has 168 valence electrons. The molecule has 0 aliphatic carbocycles. The van der Waals surface area contributed by atoms with E-state index < -0.39 is 15.9 Å². The van der Waals surface area contributed by atoms with Crippen LogP contribution in [-0.4, -0.2) is 37.9 Å². The van der Waals surface area contributed by atoms with Crippen molar-refractivity contribution < 1.29 is 13.2 Å². The van der Waals surface area contributed by atoms with E-state index in [0.29, 0.717) is 5.69 Å². The molecule has 0 fully saturated rings. The summed E-state index contributed by atoms with van der Waals surface area (Å²) in [6, 6.07) is 17.2. The number of hydrogen-bond donors (Lipinski definition) is 1. The van der Waals surface area contributed by atoms with Crippen LogP contribution in [0.4, 0.5) is 5.69 Å². The Hall–Kier alpha value is -3.39. The summed E-state index contributed by atoms with van der Waals surface area (Å²) in [4.78, 5) is 12.4. The molecular formula is C24H28N4O3S. The third-order valence-corrected chi connectivity index (χ3v) is 6.35. The monoisotopic (exact) mass is 452 g/mol. The van der Waals surface area contributed by atoms with Crippen molar-refractivity contribution in [3.8, 4) is 5.69 Å². The smallest absolute Gasteiger partial charge is 0.260 e. The van der Waals surface area contributed by atoms with Crippen molar-refractivity contribution in [1.82, 2.24) is 9.99 Å². The van der Waals surface area contributed by atoms with E-state index >= 15 is 0 Å². The topological polar surface area (TPSA) is 83.8 Å². The first-order valence-electron chi connectivity index (χ1n) is 10.2. The minimum absolute atomic E-state index is 0.358. The quantitative estimate of drug-likeness (QED) is 0.439. The Morgan fingerprint density at radius 3 is 2.34 bits per heavy atom. The summed E-state index contributed by atoms with van der Waals surface area (Å²) < 4.78 is 27.7. The van der Waals surface area contributed by atoms with Gasteiger partial charge in [-0.2, -0.15) is 5.10 Å². The number of anilines is 1. The van der Waals surface area contributed by atoms with E-state index in [1.54, 1.807) is 31.3 Å². The fraction of sp³-hybridized carbons (Fsp3) is 0.250. The summed E-state index contributed by atoms with van der Waals surface area (Å²) in [7, 11) is -3.64. The van der Waals surface area contributed by atoms with Crippen molar-refractivity contribution >= 4 is 27.8 Å². The highest BCUT2D eigenvalue weighted by Gasteiger charge is 2.22. The maximum Gasteiger partial charge on any atom is 0.260 e. The summed E-state index contributed by atoms with van der Waals surface area (Å²) >= 11 is 0. The van der Waals surface area contributed by atoms with Gasteiger partial charge in [-0.1, -0.05) is 35.9 Å². The van der Waals surface area contributed by atoms with E-state index in [9.17, 15) is 13.2 Å². The van der Waals surface area contributed by atoms with Gasteiger partial charge in [0.1, 0.15) is 6.54 Å². The normalized spacial score (nSPS) is 11.7. The highest BCUT2D eigenvalue weighted by Crippen LogP contribution is 2.22. The lowest BCUT2D eigenvalue weighted by atomic mass is 10.2. The average molecular weight is 453 g/mol. The zero-order chi connectivity index (χ0) is 23.5. The molecule has 0 radical (unpaired) electrons. The number of aryl methyl sites for hydroxylation is 3. The third kappa shape index (κ3) is 5.26. The van der Waals surface area contributed by atoms with Crippen LogP contribution in [0.15, 0.2) is 59.7 Å². The number of amides is 1. The lowest BCUT2D eigenvalue weighted by Crippen LogP contribution is -2.39. The molecule has 3 rings (SSSR count). The highest BCUT2D eigenvalue weighted by molar-refractivity contribution is 7.92. The zero-order valence-electron chi connectivity index (χ0n) is 19.0. The molecule has 7 nitrogen and oxygen atoms in total. The molecule has 1 heterocycles. The van der Waals surface area contributed by atoms with Gasteiger partial charge in [-0.3, -0.25) is 9.10 Å². The van der Waals surface area contributed by atoms with Gasteiger partial charge in [0.05, 0.1) is 18.2 Å². The van der Waals surface area contributed by atoms with E-state index in [-0.39, 0.29) is 6.54 Å². The molecule has 32 heavy (non-hydrogen) atoms. The van der Waals surface area contributed by atoms with Crippen molar-refractivity contribution in [2.75, 3.05) is 17.1 Å². The van der Waals surface area contributed by atoms with E-state index in [2.05, 4.69) is 39.4 Å². The Bertz CT molecular complexity index is 1260. The lowest BCUT2D eigenvalue weighted by molar-refractivity contribution is -0.119. The fourth-order valence-corrected chi connectivity index (χ4v) is 4.49. The van der Waals surface area contributed by atoms with E-state index in [4.69, 9.17) is 0 Å². The van der Waals surface area contributed by atoms with Crippen molar-refractivity contribution in [1.29, 1.82) is 0 Å². The lowest BCUT2D eigenvalue weighted by Gasteiger charge is -2.23. The van der Waals surface area contributed by atoms with E-state index in [1.807, 2.05) is 32.9 Å². The minimum Gasteiger partial charge on any atom is -0.318 e. The van der Waals surface area contributed by atoms with Gasteiger partial charge >= 0.3 is 0 Å². The highest BCUT2D eigenvalue weighted by atomic mass is 32.2. The fourth-order valence-electron chi connectivity index (χ4n) is 3.57. The molecule has 1 aromatic heterocycles. The number of hydrogen-bond acceptors (Lipinski definition) is 4. The summed E-state index contributed by atoms with van der Waals surface area (Å²) in [5.74, 6) is -0.526. The number of carbonyl (C=O) groups excluding carboxylic acids is 1. The Balaban J connectivity index is 1.74. The van der Waals surface area contributed by atoms with Crippen LogP contribution >= 0.6 is 0 Å². The number of hydrazone groups is 1. The summed E-state index contributed by atoms with van der Waals surface area (Å²) in [5.41, 5.74) is 8.81. The zero-order valence-corrected chi connectivity index (χ0v) is 19.8. The molecule has 3 aromatic rings. The second-order valence-electron chi connectivity index (χ2n) is 7.85. The van der Waals surface area contributed by atoms with E-state index in [1.165, 1.54) is 5.56 Å². The minimum atomic E-state index is -3.64. The first-order valence-corrected chi connectivity index (χ1v) is 12.0. The molecule has 8 heteroatoms. The second kappa shape index (κ2) is 9.40.